The molecule has 2 atom stereocenters. The van der Waals surface area contributed by atoms with Gasteiger partial charge in [0.05, 0.1) is 5.92 Å². The van der Waals surface area contributed by atoms with Crippen LogP contribution in [0.3, 0.4) is 0 Å². The summed E-state index contributed by atoms with van der Waals surface area (Å²) < 4.78 is 0. The number of fused-ring (bicyclic) bond motifs is 1. The molecule has 2 aromatic rings. The second-order valence-electron chi connectivity index (χ2n) is 5.15. The van der Waals surface area contributed by atoms with E-state index in [9.17, 15) is 4.79 Å². The molecule has 0 spiro atoms. The third kappa shape index (κ3) is 2.34. The van der Waals surface area contributed by atoms with Gasteiger partial charge >= 0.3 is 5.97 Å². The summed E-state index contributed by atoms with van der Waals surface area (Å²) in [5, 5.41) is 14.9. The van der Waals surface area contributed by atoms with Gasteiger partial charge < -0.3 is 10.4 Å². The summed E-state index contributed by atoms with van der Waals surface area (Å²) in [7, 11) is 0. The Kier molecular flexibility index (Phi) is 3.22. The molecular formula is C16H17NO2. The Labute approximate surface area is 112 Å². The van der Waals surface area contributed by atoms with E-state index in [2.05, 4.69) is 35.6 Å². The smallest absolute Gasteiger partial charge is 0.308 e. The van der Waals surface area contributed by atoms with Crippen LogP contribution in [0, 0.1) is 5.92 Å². The average Bonchev–Trinajstić information content (AvgIpc) is 2.37. The van der Waals surface area contributed by atoms with E-state index in [1.165, 1.54) is 16.3 Å². The predicted octanol–water partition coefficient (Wildman–Crippen LogP) is 2.79. The van der Waals surface area contributed by atoms with Crippen molar-refractivity contribution in [3.05, 3.63) is 48.0 Å². The maximum atomic E-state index is 11.0. The predicted molar refractivity (Wildman–Crippen MR) is 74.9 cm³/mol. The van der Waals surface area contributed by atoms with Gasteiger partial charge in [0.25, 0.3) is 0 Å². The molecule has 3 nitrogen and oxygen atoms in total. The molecule has 1 aliphatic carbocycles. The molecule has 0 aliphatic heterocycles. The van der Waals surface area contributed by atoms with Crippen molar-refractivity contribution >= 4 is 16.7 Å². The van der Waals surface area contributed by atoms with Crippen molar-refractivity contribution in [2.75, 3.05) is 0 Å². The van der Waals surface area contributed by atoms with Crippen molar-refractivity contribution < 1.29 is 9.90 Å². The number of aliphatic carboxylic acids is 1. The SMILES string of the molecule is O=C(O)C1CCC1NCc1cccc2ccccc12. The molecule has 0 bridgehead atoms. The Balaban J connectivity index is 1.74. The zero-order chi connectivity index (χ0) is 13.2. The first kappa shape index (κ1) is 12.2. The maximum Gasteiger partial charge on any atom is 0.308 e. The lowest BCUT2D eigenvalue weighted by Gasteiger charge is -2.34. The summed E-state index contributed by atoms with van der Waals surface area (Å²) in [5.41, 5.74) is 1.23. The van der Waals surface area contributed by atoms with E-state index in [-0.39, 0.29) is 12.0 Å². The number of hydrogen-bond donors (Lipinski definition) is 2. The number of hydrogen-bond acceptors (Lipinski definition) is 2. The first-order chi connectivity index (χ1) is 9.25. The third-order valence-electron chi connectivity index (χ3n) is 4.03. The first-order valence-corrected chi connectivity index (χ1v) is 6.68. The monoisotopic (exact) mass is 255 g/mol. The van der Waals surface area contributed by atoms with E-state index in [0.29, 0.717) is 0 Å². The van der Waals surface area contributed by atoms with Gasteiger partial charge in [0.2, 0.25) is 0 Å². The van der Waals surface area contributed by atoms with Crippen molar-refractivity contribution in [3.8, 4) is 0 Å². The largest absolute Gasteiger partial charge is 0.481 e. The molecule has 2 aromatic carbocycles. The molecule has 1 fully saturated rings. The zero-order valence-corrected chi connectivity index (χ0v) is 10.7. The highest BCUT2D eigenvalue weighted by molar-refractivity contribution is 5.85. The van der Waals surface area contributed by atoms with E-state index in [0.717, 1.165) is 19.4 Å². The molecule has 3 heteroatoms. The summed E-state index contributed by atoms with van der Waals surface area (Å²) in [6.07, 6.45) is 1.75. The Morgan fingerprint density at radius 1 is 1.16 bits per heavy atom. The molecule has 0 heterocycles. The quantitative estimate of drug-likeness (QED) is 0.883. The molecule has 2 N–H and O–H groups in total. The van der Waals surface area contributed by atoms with Crippen LogP contribution >= 0.6 is 0 Å². The van der Waals surface area contributed by atoms with Crippen molar-refractivity contribution in [2.45, 2.75) is 25.4 Å². The van der Waals surface area contributed by atoms with E-state index in [4.69, 9.17) is 5.11 Å². The van der Waals surface area contributed by atoms with Gasteiger partial charge in [-0.25, -0.2) is 0 Å². The number of carbonyl (C=O) groups is 1. The van der Waals surface area contributed by atoms with Crippen molar-refractivity contribution in [1.82, 2.24) is 5.32 Å². The Morgan fingerprint density at radius 2 is 1.95 bits per heavy atom. The number of nitrogens with one attached hydrogen (secondary N) is 1. The summed E-state index contributed by atoms with van der Waals surface area (Å²) in [4.78, 5) is 11.0. The number of benzene rings is 2. The second-order valence-corrected chi connectivity index (χ2v) is 5.15. The first-order valence-electron chi connectivity index (χ1n) is 6.68. The van der Waals surface area contributed by atoms with Gasteiger partial charge in [-0.1, -0.05) is 42.5 Å². The summed E-state index contributed by atoms with van der Waals surface area (Å²) in [5.74, 6) is -0.892. The minimum atomic E-state index is -0.679. The van der Waals surface area contributed by atoms with Gasteiger partial charge in [0, 0.05) is 12.6 Å². The summed E-state index contributed by atoms with van der Waals surface area (Å²) in [6, 6.07) is 14.7. The Bertz CT molecular complexity index is 603. The standard InChI is InChI=1S/C16H17NO2/c18-16(19)14-8-9-15(14)17-10-12-6-3-5-11-4-1-2-7-13(11)12/h1-7,14-15,17H,8-10H2,(H,18,19). The van der Waals surface area contributed by atoms with Gasteiger partial charge in [-0.15, -0.1) is 0 Å². The van der Waals surface area contributed by atoms with Crippen LogP contribution in [0.25, 0.3) is 10.8 Å². The molecule has 0 radical (unpaired) electrons. The topological polar surface area (TPSA) is 49.3 Å². The van der Waals surface area contributed by atoms with E-state index in [1.807, 2.05) is 12.1 Å². The molecular weight excluding hydrogens is 238 g/mol. The number of carboxylic acids is 1. The van der Waals surface area contributed by atoms with Gasteiger partial charge in [-0.2, -0.15) is 0 Å². The van der Waals surface area contributed by atoms with E-state index < -0.39 is 5.97 Å². The molecule has 1 saturated carbocycles. The normalized spacial score (nSPS) is 22.1. The fraction of sp³-hybridized carbons (Fsp3) is 0.312. The van der Waals surface area contributed by atoms with Crippen LogP contribution in [0.5, 0.6) is 0 Å². The fourth-order valence-corrected chi connectivity index (χ4v) is 2.73. The van der Waals surface area contributed by atoms with Crippen molar-refractivity contribution in [1.29, 1.82) is 0 Å². The molecule has 98 valence electrons. The maximum absolute atomic E-state index is 11.0. The average molecular weight is 255 g/mol. The lowest BCUT2D eigenvalue weighted by atomic mass is 9.79. The number of rotatable bonds is 4. The summed E-state index contributed by atoms with van der Waals surface area (Å²) in [6.45, 7) is 0.732. The van der Waals surface area contributed by atoms with Crippen LogP contribution in [0.15, 0.2) is 42.5 Å². The molecule has 0 saturated heterocycles. The van der Waals surface area contributed by atoms with Crippen molar-refractivity contribution in [2.24, 2.45) is 5.92 Å². The van der Waals surface area contributed by atoms with Crippen molar-refractivity contribution in [3.63, 3.8) is 0 Å². The fourth-order valence-electron chi connectivity index (χ4n) is 2.73. The molecule has 3 rings (SSSR count). The molecule has 19 heavy (non-hydrogen) atoms. The summed E-state index contributed by atoms with van der Waals surface area (Å²) >= 11 is 0. The van der Waals surface area contributed by atoms with Crippen LogP contribution in [-0.2, 0) is 11.3 Å². The number of carboxylic acid groups (broad SMARTS) is 1. The van der Waals surface area contributed by atoms with Gasteiger partial charge in [0.1, 0.15) is 0 Å². The van der Waals surface area contributed by atoms with Gasteiger partial charge in [0.15, 0.2) is 0 Å². The second kappa shape index (κ2) is 5.02. The highest BCUT2D eigenvalue weighted by Crippen LogP contribution is 2.28. The van der Waals surface area contributed by atoms with Gasteiger partial charge in [-0.05, 0) is 29.2 Å². The van der Waals surface area contributed by atoms with Crippen LogP contribution in [0.4, 0.5) is 0 Å². The Morgan fingerprint density at radius 3 is 2.68 bits per heavy atom. The highest BCUT2D eigenvalue weighted by atomic mass is 16.4. The van der Waals surface area contributed by atoms with Crippen LogP contribution in [0.1, 0.15) is 18.4 Å². The van der Waals surface area contributed by atoms with Gasteiger partial charge in [-0.3, -0.25) is 4.79 Å². The molecule has 0 aromatic heterocycles. The van der Waals surface area contributed by atoms with E-state index >= 15 is 0 Å². The van der Waals surface area contributed by atoms with Crippen LogP contribution in [-0.4, -0.2) is 17.1 Å². The van der Waals surface area contributed by atoms with E-state index in [1.54, 1.807) is 0 Å². The lowest BCUT2D eigenvalue weighted by molar-refractivity contribution is -0.146. The van der Waals surface area contributed by atoms with Crippen LogP contribution < -0.4 is 5.32 Å². The zero-order valence-electron chi connectivity index (χ0n) is 10.7. The molecule has 1 aliphatic rings. The lowest BCUT2D eigenvalue weighted by Crippen LogP contribution is -2.47. The molecule has 0 amide bonds. The third-order valence-corrected chi connectivity index (χ3v) is 4.03. The highest BCUT2D eigenvalue weighted by Gasteiger charge is 2.35. The molecule has 2 unspecified atom stereocenters. The minimum absolute atomic E-state index is 0.122. The minimum Gasteiger partial charge on any atom is -0.481 e. The Hall–Kier alpha value is -1.87. The van der Waals surface area contributed by atoms with Crippen LogP contribution in [0.2, 0.25) is 0 Å².